The second kappa shape index (κ2) is 7.53. The maximum absolute atomic E-state index is 9.75. The van der Waals surface area contributed by atoms with Gasteiger partial charge in [0.1, 0.15) is 12.4 Å². The molecule has 0 aromatic carbocycles. The molecule has 0 aliphatic heterocycles. The Bertz CT molecular complexity index is 311. The Hall–Kier alpha value is -0.880. The third-order valence-electron chi connectivity index (χ3n) is 2.46. The van der Waals surface area contributed by atoms with Gasteiger partial charge in [0, 0.05) is 19.2 Å². The van der Waals surface area contributed by atoms with Crippen LogP contribution in [0, 0.1) is 0 Å². The summed E-state index contributed by atoms with van der Waals surface area (Å²) in [5.41, 5.74) is -0.156. The number of hydrogen-bond acceptors (Lipinski definition) is 5. The number of methoxy groups -OCH3 is 1. The zero-order valence-electron chi connectivity index (χ0n) is 11.3. The van der Waals surface area contributed by atoms with E-state index in [2.05, 4.69) is 5.32 Å². The Labute approximate surface area is 108 Å². The van der Waals surface area contributed by atoms with Crippen LogP contribution >= 0.6 is 0 Å². The van der Waals surface area contributed by atoms with E-state index < -0.39 is 6.10 Å². The number of nitrogens with one attached hydrogen (secondary N) is 1. The van der Waals surface area contributed by atoms with Crippen LogP contribution in [-0.4, -0.2) is 43.6 Å². The zero-order valence-corrected chi connectivity index (χ0v) is 11.3. The van der Waals surface area contributed by atoms with Crippen molar-refractivity contribution < 1.29 is 19.0 Å². The molecule has 1 rings (SSSR count). The van der Waals surface area contributed by atoms with Crippen molar-refractivity contribution >= 4 is 0 Å². The summed E-state index contributed by atoms with van der Waals surface area (Å²) in [5, 5.41) is 13.0. The second-order valence-corrected chi connectivity index (χ2v) is 4.95. The molecule has 1 unspecified atom stereocenters. The van der Waals surface area contributed by atoms with Gasteiger partial charge in [-0.25, -0.2) is 0 Å². The molecule has 5 heteroatoms. The van der Waals surface area contributed by atoms with Crippen LogP contribution in [0.2, 0.25) is 0 Å². The lowest BCUT2D eigenvalue weighted by atomic mass is 10.1. The molecule has 0 spiro atoms. The summed E-state index contributed by atoms with van der Waals surface area (Å²) in [6.45, 7) is 5.75. The van der Waals surface area contributed by atoms with E-state index in [1.54, 1.807) is 13.4 Å². The summed E-state index contributed by atoms with van der Waals surface area (Å²) in [5.74, 6) is 0.759. The van der Waals surface area contributed by atoms with E-state index >= 15 is 0 Å². The van der Waals surface area contributed by atoms with Crippen LogP contribution in [0.1, 0.15) is 19.6 Å². The van der Waals surface area contributed by atoms with Gasteiger partial charge < -0.3 is 24.3 Å². The van der Waals surface area contributed by atoms with Crippen molar-refractivity contribution in [2.45, 2.75) is 32.1 Å². The predicted molar refractivity (Wildman–Crippen MR) is 68.3 cm³/mol. The van der Waals surface area contributed by atoms with Gasteiger partial charge in [-0.2, -0.15) is 0 Å². The standard InChI is InChI=1S/C13H23NO4/c1-13(2,10-16-3)14-7-11(15)8-17-9-12-5-4-6-18-12/h4-6,11,14-15H,7-10H2,1-3H3. The van der Waals surface area contributed by atoms with Gasteiger partial charge in [-0.1, -0.05) is 0 Å². The quantitative estimate of drug-likeness (QED) is 0.695. The van der Waals surface area contributed by atoms with E-state index in [0.29, 0.717) is 19.8 Å². The van der Waals surface area contributed by atoms with Crippen molar-refractivity contribution in [1.82, 2.24) is 5.32 Å². The Morgan fingerprint density at radius 1 is 1.50 bits per heavy atom. The molecule has 1 atom stereocenters. The first-order valence-corrected chi connectivity index (χ1v) is 6.05. The predicted octanol–water partition coefficient (Wildman–Crippen LogP) is 1.17. The number of aliphatic hydroxyl groups excluding tert-OH is 1. The summed E-state index contributed by atoms with van der Waals surface area (Å²) in [6, 6.07) is 3.65. The van der Waals surface area contributed by atoms with E-state index in [-0.39, 0.29) is 12.1 Å². The van der Waals surface area contributed by atoms with Crippen LogP contribution < -0.4 is 5.32 Å². The molecule has 0 radical (unpaired) electrons. The highest BCUT2D eigenvalue weighted by molar-refractivity contribution is 4.96. The van der Waals surface area contributed by atoms with Gasteiger partial charge in [-0.3, -0.25) is 0 Å². The summed E-state index contributed by atoms with van der Waals surface area (Å²) in [6.07, 6.45) is 1.06. The Morgan fingerprint density at radius 2 is 2.28 bits per heavy atom. The van der Waals surface area contributed by atoms with Crippen LogP contribution in [0.3, 0.4) is 0 Å². The van der Waals surface area contributed by atoms with E-state index in [0.717, 1.165) is 5.76 Å². The highest BCUT2D eigenvalue weighted by Gasteiger charge is 2.18. The Balaban J connectivity index is 2.12. The molecular weight excluding hydrogens is 234 g/mol. The number of β-amino-alcohol motifs (C(OH)–C–C–N with tert-alkyl or cyclic N) is 1. The lowest BCUT2D eigenvalue weighted by Gasteiger charge is -2.26. The second-order valence-electron chi connectivity index (χ2n) is 4.95. The highest BCUT2D eigenvalue weighted by Crippen LogP contribution is 2.04. The zero-order chi connectivity index (χ0) is 13.4. The first-order chi connectivity index (χ1) is 8.53. The minimum Gasteiger partial charge on any atom is -0.467 e. The number of hydrogen-bond donors (Lipinski definition) is 2. The largest absolute Gasteiger partial charge is 0.467 e. The van der Waals surface area contributed by atoms with Gasteiger partial charge in [0.2, 0.25) is 0 Å². The first-order valence-electron chi connectivity index (χ1n) is 6.05. The SMILES string of the molecule is COCC(C)(C)NCC(O)COCc1ccco1. The van der Waals surface area contributed by atoms with Crippen molar-refractivity contribution in [3.8, 4) is 0 Å². The minimum absolute atomic E-state index is 0.156. The molecule has 0 fully saturated rings. The monoisotopic (exact) mass is 257 g/mol. The Kier molecular flexibility index (Phi) is 6.35. The molecule has 1 aromatic heterocycles. The molecule has 0 saturated carbocycles. The third-order valence-corrected chi connectivity index (χ3v) is 2.46. The van der Waals surface area contributed by atoms with Crippen LogP contribution in [0.5, 0.6) is 0 Å². The van der Waals surface area contributed by atoms with Crippen molar-refractivity contribution in [3.05, 3.63) is 24.2 Å². The number of ether oxygens (including phenoxy) is 2. The molecule has 18 heavy (non-hydrogen) atoms. The minimum atomic E-state index is -0.545. The number of furan rings is 1. The van der Waals surface area contributed by atoms with E-state index in [1.165, 1.54) is 0 Å². The van der Waals surface area contributed by atoms with Crippen molar-refractivity contribution in [2.24, 2.45) is 0 Å². The van der Waals surface area contributed by atoms with Crippen molar-refractivity contribution in [1.29, 1.82) is 0 Å². The lowest BCUT2D eigenvalue weighted by molar-refractivity contribution is 0.0167. The topological polar surface area (TPSA) is 63.9 Å². The average Bonchev–Trinajstić information content (AvgIpc) is 2.79. The van der Waals surface area contributed by atoms with Gasteiger partial charge >= 0.3 is 0 Å². The summed E-state index contributed by atoms with van der Waals surface area (Å²) >= 11 is 0. The summed E-state index contributed by atoms with van der Waals surface area (Å²) < 4.78 is 15.6. The maximum Gasteiger partial charge on any atom is 0.129 e. The van der Waals surface area contributed by atoms with Crippen molar-refractivity contribution in [3.63, 3.8) is 0 Å². The third kappa shape index (κ3) is 6.16. The van der Waals surface area contributed by atoms with Crippen LogP contribution in [0.4, 0.5) is 0 Å². The maximum atomic E-state index is 9.75. The highest BCUT2D eigenvalue weighted by atomic mass is 16.5. The summed E-state index contributed by atoms with van der Waals surface area (Å²) in [4.78, 5) is 0. The number of aliphatic hydroxyl groups is 1. The molecular formula is C13H23NO4. The fraction of sp³-hybridized carbons (Fsp3) is 0.692. The van der Waals surface area contributed by atoms with Gasteiger partial charge in [0.05, 0.1) is 25.6 Å². The molecule has 1 heterocycles. The normalized spacial score (nSPS) is 13.8. The molecule has 0 bridgehead atoms. The first kappa shape index (κ1) is 15.2. The molecule has 5 nitrogen and oxygen atoms in total. The van der Waals surface area contributed by atoms with E-state index in [9.17, 15) is 5.11 Å². The molecule has 104 valence electrons. The van der Waals surface area contributed by atoms with Crippen LogP contribution in [-0.2, 0) is 16.1 Å². The lowest BCUT2D eigenvalue weighted by Crippen LogP contribution is -2.47. The average molecular weight is 257 g/mol. The fourth-order valence-corrected chi connectivity index (χ4v) is 1.56. The Morgan fingerprint density at radius 3 is 2.89 bits per heavy atom. The van der Waals surface area contributed by atoms with Gasteiger partial charge in [-0.15, -0.1) is 0 Å². The molecule has 1 aromatic rings. The van der Waals surface area contributed by atoms with E-state index in [4.69, 9.17) is 13.9 Å². The van der Waals surface area contributed by atoms with Crippen LogP contribution in [0.15, 0.2) is 22.8 Å². The molecule has 0 aliphatic rings. The van der Waals surface area contributed by atoms with E-state index in [1.807, 2.05) is 26.0 Å². The molecule has 2 N–H and O–H groups in total. The van der Waals surface area contributed by atoms with Crippen LogP contribution in [0.25, 0.3) is 0 Å². The van der Waals surface area contributed by atoms with Crippen molar-refractivity contribution in [2.75, 3.05) is 26.9 Å². The fourth-order valence-electron chi connectivity index (χ4n) is 1.56. The van der Waals surface area contributed by atoms with Gasteiger partial charge in [-0.05, 0) is 26.0 Å². The smallest absolute Gasteiger partial charge is 0.129 e. The van der Waals surface area contributed by atoms with Gasteiger partial charge in [0.25, 0.3) is 0 Å². The molecule has 0 saturated heterocycles. The summed E-state index contributed by atoms with van der Waals surface area (Å²) in [7, 11) is 1.66. The molecule has 0 aliphatic carbocycles. The van der Waals surface area contributed by atoms with Gasteiger partial charge in [0.15, 0.2) is 0 Å². The molecule has 0 amide bonds. The number of rotatable bonds is 9.